The third-order valence-electron chi connectivity index (χ3n) is 5.94. The average Bonchev–Trinajstić information content (AvgIpc) is 3.14. The fourth-order valence-corrected chi connectivity index (χ4v) is 4.16. The minimum atomic E-state index is -0.213. The van der Waals surface area contributed by atoms with Crippen LogP contribution in [0.3, 0.4) is 0 Å². The first-order chi connectivity index (χ1) is 13.9. The Morgan fingerprint density at radius 2 is 1.69 bits per heavy atom. The molecule has 0 saturated heterocycles. The van der Waals surface area contributed by atoms with Crippen LogP contribution < -0.4 is 5.32 Å². The van der Waals surface area contributed by atoms with E-state index in [1.165, 1.54) is 12.5 Å². The number of esters is 1. The molecule has 3 rings (SSSR count). The summed E-state index contributed by atoms with van der Waals surface area (Å²) in [5.74, 6) is 0.00863. The Hall–Kier alpha value is -2.62. The topological polar surface area (TPSA) is 55.4 Å². The standard InChI is InChI=1S/C25H31NO3/c1-17(25(28)26-18(2)22-8-5-4-6-9-22)21-14-12-20(13-15-21)16-23-10-7-11-24(23)29-19(3)27/h4-6,8-9,12-15,17-18,23-24H,7,10-11,16H2,1-3H3,(H,26,28)/t17-,18+,23-,24+/m1/s1. The van der Waals surface area contributed by atoms with Crippen LogP contribution in [0.4, 0.5) is 0 Å². The van der Waals surface area contributed by atoms with Crippen molar-refractivity contribution in [3.05, 3.63) is 71.3 Å². The highest BCUT2D eigenvalue weighted by atomic mass is 16.5. The molecule has 4 atom stereocenters. The van der Waals surface area contributed by atoms with Crippen molar-refractivity contribution in [2.75, 3.05) is 0 Å². The molecule has 2 aromatic carbocycles. The largest absolute Gasteiger partial charge is 0.462 e. The molecule has 1 N–H and O–H groups in total. The summed E-state index contributed by atoms with van der Waals surface area (Å²) >= 11 is 0. The summed E-state index contributed by atoms with van der Waals surface area (Å²) in [5.41, 5.74) is 3.33. The lowest BCUT2D eigenvalue weighted by Crippen LogP contribution is -2.30. The maximum Gasteiger partial charge on any atom is 0.302 e. The van der Waals surface area contributed by atoms with E-state index < -0.39 is 0 Å². The lowest BCUT2D eigenvalue weighted by atomic mass is 9.93. The molecule has 1 aliphatic rings. The van der Waals surface area contributed by atoms with Crippen molar-refractivity contribution in [2.45, 2.75) is 64.5 Å². The van der Waals surface area contributed by atoms with Gasteiger partial charge in [-0.15, -0.1) is 0 Å². The monoisotopic (exact) mass is 393 g/mol. The van der Waals surface area contributed by atoms with E-state index in [-0.39, 0.29) is 29.9 Å². The quantitative estimate of drug-likeness (QED) is 0.678. The van der Waals surface area contributed by atoms with Crippen LogP contribution in [0.25, 0.3) is 0 Å². The molecule has 1 aliphatic carbocycles. The number of carbonyl (C=O) groups excluding carboxylic acids is 2. The Morgan fingerprint density at radius 1 is 1.00 bits per heavy atom. The van der Waals surface area contributed by atoms with Crippen LogP contribution in [-0.2, 0) is 20.7 Å². The predicted octanol–water partition coefficient (Wildman–Crippen LogP) is 4.94. The molecule has 0 aromatic heterocycles. The second kappa shape index (κ2) is 9.73. The molecular weight excluding hydrogens is 362 g/mol. The van der Waals surface area contributed by atoms with Crippen molar-refractivity contribution in [2.24, 2.45) is 5.92 Å². The molecule has 154 valence electrons. The molecule has 0 bridgehead atoms. The minimum Gasteiger partial charge on any atom is -0.462 e. The van der Waals surface area contributed by atoms with Crippen molar-refractivity contribution in [3.63, 3.8) is 0 Å². The zero-order chi connectivity index (χ0) is 20.8. The van der Waals surface area contributed by atoms with Gasteiger partial charge in [0.1, 0.15) is 6.10 Å². The highest BCUT2D eigenvalue weighted by Gasteiger charge is 2.29. The van der Waals surface area contributed by atoms with Crippen molar-refractivity contribution in [3.8, 4) is 0 Å². The Bertz CT molecular complexity index is 816. The molecule has 0 radical (unpaired) electrons. The van der Waals surface area contributed by atoms with Crippen LogP contribution in [0, 0.1) is 5.92 Å². The van der Waals surface area contributed by atoms with Gasteiger partial charge in [-0.1, -0.05) is 54.6 Å². The smallest absolute Gasteiger partial charge is 0.302 e. The number of nitrogens with one attached hydrogen (secondary N) is 1. The molecule has 4 nitrogen and oxygen atoms in total. The summed E-state index contributed by atoms with van der Waals surface area (Å²) in [6.45, 7) is 5.43. The van der Waals surface area contributed by atoms with Gasteiger partial charge in [0.15, 0.2) is 0 Å². The summed E-state index contributed by atoms with van der Waals surface area (Å²) in [4.78, 5) is 24.0. The summed E-state index contributed by atoms with van der Waals surface area (Å²) in [5, 5.41) is 3.10. The van der Waals surface area contributed by atoms with E-state index in [9.17, 15) is 9.59 Å². The fourth-order valence-electron chi connectivity index (χ4n) is 4.16. The molecule has 1 fully saturated rings. The molecular formula is C25H31NO3. The Morgan fingerprint density at radius 3 is 2.34 bits per heavy atom. The molecule has 4 heteroatoms. The minimum absolute atomic E-state index is 0.0222. The van der Waals surface area contributed by atoms with E-state index in [4.69, 9.17) is 4.74 Å². The molecule has 0 spiro atoms. The van der Waals surface area contributed by atoms with Crippen LogP contribution in [0.15, 0.2) is 54.6 Å². The van der Waals surface area contributed by atoms with Gasteiger partial charge in [-0.3, -0.25) is 9.59 Å². The SMILES string of the molecule is CC(=O)O[C@H]1CCC[C@@H]1Cc1ccc([C@@H](C)C(=O)N[C@@H](C)c2ccccc2)cc1. The van der Waals surface area contributed by atoms with Gasteiger partial charge in [0.25, 0.3) is 0 Å². The number of rotatable bonds is 7. The number of benzene rings is 2. The molecule has 1 saturated carbocycles. The first-order valence-corrected chi connectivity index (χ1v) is 10.6. The summed E-state index contributed by atoms with van der Waals surface area (Å²) in [6, 6.07) is 18.3. The van der Waals surface area contributed by atoms with Crippen LogP contribution in [0.2, 0.25) is 0 Å². The van der Waals surface area contributed by atoms with E-state index in [2.05, 4.69) is 17.4 Å². The van der Waals surface area contributed by atoms with Crippen molar-refractivity contribution in [1.29, 1.82) is 0 Å². The second-order valence-electron chi connectivity index (χ2n) is 8.15. The molecule has 0 unspecified atom stereocenters. The van der Waals surface area contributed by atoms with Crippen LogP contribution >= 0.6 is 0 Å². The number of amides is 1. The van der Waals surface area contributed by atoms with E-state index in [1.54, 1.807) is 0 Å². The zero-order valence-corrected chi connectivity index (χ0v) is 17.6. The first kappa shape index (κ1) is 21.1. The molecule has 0 aliphatic heterocycles. The maximum atomic E-state index is 12.7. The molecule has 1 amide bonds. The van der Waals surface area contributed by atoms with Gasteiger partial charge >= 0.3 is 5.97 Å². The number of ether oxygens (including phenoxy) is 1. The van der Waals surface area contributed by atoms with Crippen LogP contribution in [-0.4, -0.2) is 18.0 Å². The van der Waals surface area contributed by atoms with E-state index in [0.717, 1.165) is 36.8 Å². The van der Waals surface area contributed by atoms with Gasteiger partial charge < -0.3 is 10.1 Å². The van der Waals surface area contributed by atoms with Crippen LogP contribution in [0.5, 0.6) is 0 Å². The first-order valence-electron chi connectivity index (χ1n) is 10.6. The van der Waals surface area contributed by atoms with E-state index >= 15 is 0 Å². The highest BCUT2D eigenvalue weighted by molar-refractivity contribution is 5.83. The Kier molecular flexibility index (Phi) is 7.08. The third kappa shape index (κ3) is 5.69. The Balaban J connectivity index is 1.57. The lowest BCUT2D eigenvalue weighted by molar-refractivity contribution is -0.148. The number of hydrogen-bond acceptors (Lipinski definition) is 3. The van der Waals surface area contributed by atoms with Gasteiger partial charge in [-0.25, -0.2) is 0 Å². The summed E-state index contributed by atoms with van der Waals surface area (Å²) < 4.78 is 5.47. The second-order valence-corrected chi connectivity index (χ2v) is 8.15. The van der Waals surface area contributed by atoms with Gasteiger partial charge in [0, 0.05) is 6.92 Å². The molecule has 29 heavy (non-hydrogen) atoms. The number of hydrogen-bond donors (Lipinski definition) is 1. The van der Waals surface area contributed by atoms with Gasteiger partial charge in [-0.2, -0.15) is 0 Å². The van der Waals surface area contributed by atoms with Gasteiger partial charge in [0.2, 0.25) is 5.91 Å². The zero-order valence-electron chi connectivity index (χ0n) is 17.6. The van der Waals surface area contributed by atoms with Gasteiger partial charge in [-0.05, 0) is 62.1 Å². The van der Waals surface area contributed by atoms with E-state index in [0.29, 0.717) is 5.92 Å². The molecule has 0 heterocycles. The average molecular weight is 394 g/mol. The fraction of sp³-hybridized carbons (Fsp3) is 0.440. The van der Waals surface area contributed by atoms with Crippen molar-refractivity contribution < 1.29 is 14.3 Å². The summed E-state index contributed by atoms with van der Waals surface area (Å²) in [6.07, 6.45) is 4.10. The molecule has 2 aromatic rings. The normalized spacial score (nSPS) is 20.7. The Labute approximate surface area is 173 Å². The predicted molar refractivity (Wildman–Crippen MR) is 114 cm³/mol. The third-order valence-corrected chi connectivity index (χ3v) is 5.94. The number of carbonyl (C=O) groups is 2. The maximum absolute atomic E-state index is 12.7. The van der Waals surface area contributed by atoms with Crippen LogP contribution in [0.1, 0.15) is 68.7 Å². The highest BCUT2D eigenvalue weighted by Crippen LogP contribution is 2.31. The lowest BCUT2D eigenvalue weighted by Gasteiger charge is -2.20. The van der Waals surface area contributed by atoms with E-state index in [1.807, 2.05) is 56.3 Å². The van der Waals surface area contributed by atoms with Gasteiger partial charge in [0.05, 0.1) is 12.0 Å². The summed E-state index contributed by atoms with van der Waals surface area (Å²) in [7, 11) is 0. The van der Waals surface area contributed by atoms with Crippen molar-refractivity contribution >= 4 is 11.9 Å². The van der Waals surface area contributed by atoms with Crippen molar-refractivity contribution in [1.82, 2.24) is 5.32 Å².